The second-order valence-corrected chi connectivity index (χ2v) is 6.53. The molecule has 130 valence electrons. The van der Waals surface area contributed by atoms with E-state index in [9.17, 15) is 0 Å². The molecule has 3 heterocycles. The summed E-state index contributed by atoms with van der Waals surface area (Å²) >= 11 is 0. The van der Waals surface area contributed by atoms with Gasteiger partial charge in [0.15, 0.2) is 0 Å². The van der Waals surface area contributed by atoms with Gasteiger partial charge in [-0.1, -0.05) is 0 Å². The lowest BCUT2D eigenvalue weighted by molar-refractivity contribution is -0.0813. The monoisotopic (exact) mass is 330 g/mol. The Hall–Kier alpha value is -1.76. The number of hydrogen-bond donors (Lipinski definition) is 0. The van der Waals surface area contributed by atoms with E-state index in [2.05, 4.69) is 41.1 Å². The number of morpholine rings is 1. The van der Waals surface area contributed by atoms with Crippen LogP contribution in [-0.4, -0.2) is 58.2 Å². The summed E-state index contributed by atoms with van der Waals surface area (Å²) < 4.78 is 13.4. The van der Waals surface area contributed by atoms with E-state index in [-0.39, 0.29) is 12.2 Å². The van der Waals surface area contributed by atoms with Crippen LogP contribution in [-0.2, 0) is 23.1 Å². The van der Waals surface area contributed by atoms with E-state index in [0.29, 0.717) is 6.61 Å². The topological polar surface area (TPSA) is 52.4 Å². The Kier molecular flexibility index (Phi) is 5.60. The van der Waals surface area contributed by atoms with E-state index >= 15 is 0 Å². The first kappa shape index (κ1) is 17.1. The highest BCUT2D eigenvalue weighted by Crippen LogP contribution is 2.23. The zero-order chi connectivity index (χ0) is 16.9. The van der Waals surface area contributed by atoms with Gasteiger partial charge in [-0.05, 0) is 26.0 Å². The Bertz CT molecular complexity index is 642. The number of pyridine rings is 1. The number of nitrogens with zero attached hydrogens (tertiary/aromatic N) is 4. The van der Waals surface area contributed by atoms with Crippen LogP contribution in [0.4, 0.5) is 0 Å². The molecule has 0 aromatic carbocycles. The summed E-state index contributed by atoms with van der Waals surface area (Å²) in [7, 11) is 1.96. The van der Waals surface area contributed by atoms with Crippen molar-refractivity contribution in [2.24, 2.45) is 7.05 Å². The van der Waals surface area contributed by atoms with Crippen LogP contribution in [0.2, 0.25) is 0 Å². The van der Waals surface area contributed by atoms with Crippen LogP contribution in [0.15, 0.2) is 30.7 Å². The van der Waals surface area contributed by atoms with Gasteiger partial charge in [-0.15, -0.1) is 0 Å². The molecule has 0 radical (unpaired) electrons. The first-order valence-electron chi connectivity index (χ1n) is 8.50. The average molecular weight is 330 g/mol. The minimum absolute atomic E-state index is 0.139. The molecule has 0 bridgehead atoms. The molecule has 3 rings (SSSR count). The Morgan fingerprint density at radius 3 is 3.04 bits per heavy atom. The van der Waals surface area contributed by atoms with Crippen molar-refractivity contribution in [2.45, 2.75) is 32.6 Å². The van der Waals surface area contributed by atoms with Crippen molar-refractivity contribution in [3.63, 3.8) is 0 Å². The van der Waals surface area contributed by atoms with Crippen LogP contribution in [0, 0.1) is 0 Å². The van der Waals surface area contributed by atoms with Crippen LogP contribution in [0.25, 0.3) is 11.3 Å². The van der Waals surface area contributed by atoms with E-state index < -0.39 is 0 Å². The normalized spacial score (nSPS) is 19.1. The molecule has 1 fully saturated rings. The Balaban J connectivity index is 1.68. The molecular weight excluding hydrogens is 304 g/mol. The lowest BCUT2D eigenvalue weighted by Crippen LogP contribution is -2.44. The standard InChI is InChI=1S/C18H26N4O2/c1-14(2)24-13-17-12-22(7-8-23-17)11-16-10-21(3)20-18(16)15-5-4-6-19-9-15/h4-6,9-10,14,17H,7-8,11-13H2,1-3H3. The number of aryl methyl sites for hydroxylation is 1. The third-order valence-electron chi connectivity index (χ3n) is 4.07. The first-order chi connectivity index (χ1) is 11.6. The van der Waals surface area contributed by atoms with Crippen molar-refractivity contribution in [2.75, 3.05) is 26.3 Å². The van der Waals surface area contributed by atoms with Crippen molar-refractivity contribution in [1.82, 2.24) is 19.7 Å². The minimum atomic E-state index is 0.139. The summed E-state index contributed by atoms with van der Waals surface area (Å²) in [6.45, 7) is 8.17. The molecule has 6 nitrogen and oxygen atoms in total. The Labute approximate surface area is 143 Å². The predicted octanol–water partition coefficient (Wildman–Crippen LogP) is 2.11. The van der Waals surface area contributed by atoms with Gasteiger partial charge in [0.2, 0.25) is 0 Å². The number of aromatic nitrogens is 3. The summed E-state index contributed by atoms with van der Waals surface area (Å²) in [4.78, 5) is 6.62. The second-order valence-electron chi connectivity index (χ2n) is 6.53. The lowest BCUT2D eigenvalue weighted by atomic mass is 10.1. The quantitative estimate of drug-likeness (QED) is 0.812. The fourth-order valence-corrected chi connectivity index (χ4v) is 2.96. The van der Waals surface area contributed by atoms with Crippen LogP contribution in [0.5, 0.6) is 0 Å². The predicted molar refractivity (Wildman–Crippen MR) is 92.5 cm³/mol. The maximum absolute atomic E-state index is 5.82. The van der Waals surface area contributed by atoms with Gasteiger partial charge < -0.3 is 9.47 Å². The maximum Gasteiger partial charge on any atom is 0.0983 e. The van der Waals surface area contributed by atoms with Gasteiger partial charge in [-0.2, -0.15) is 5.10 Å². The highest BCUT2D eigenvalue weighted by Gasteiger charge is 2.23. The van der Waals surface area contributed by atoms with E-state index in [1.165, 1.54) is 5.56 Å². The molecule has 1 aliphatic rings. The SMILES string of the molecule is CC(C)OCC1CN(Cc2cn(C)nc2-c2cccnc2)CCO1. The highest BCUT2D eigenvalue weighted by molar-refractivity contribution is 5.61. The van der Waals surface area contributed by atoms with Gasteiger partial charge in [0.05, 0.1) is 31.1 Å². The van der Waals surface area contributed by atoms with Crippen LogP contribution >= 0.6 is 0 Å². The van der Waals surface area contributed by atoms with Crippen molar-refractivity contribution in [3.05, 3.63) is 36.3 Å². The molecule has 0 aliphatic carbocycles. The zero-order valence-electron chi connectivity index (χ0n) is 14.7. The molecule has 0 saturated carbocycles. The summed E-state index contributed by atoms with van der Waals surface area (Å²) in [5.41, 5.74) is 3.28. The van der Waals surface area contributed by atoms with E-state index in [1.54, 1.807) is 6.20 Å². The third-order valence-corrected chi connectivity index (χ3v) is 4.07. The maximum atomic E-state index is 5.82. The van der Waals surface area contributed by atoms with Gasteiger partial charge in [-0.3, -0.25) is 14.6 Å². The van der Waals surface area contributed by atoms with E-state index in [4.69, 9.17) is 9.47 Å². The molecule has 1 atom stereocenters. The van der Waals surface area contributed by atoms with E-state index in [1.807, 2.05) is 24.0 Å². The highest BCUT2D eigenvalue weighted by atomic mass is 16.5. The molecule has 0 amide bonds. The summed E-state index contributed by atoms with van der Waals surface area (Å²) in [5.74, 6) is 0. The molecule has 0 spiro atoms. The fourth-order valence-electron chi connectivity index (χ4n) is 2.96. The molecular formula is C18H26N4O2. The molecule has 0 N–H and O–H groups in total. The molecule has 1 saturated heterocycles. The summed E-state index contributed by atoms with van der Waals surface area (Å²) in [5, 5.41) is 4.62. The molecule has 2 aromatic rings. The Morgan fingerprint density at radius 2 is 2.29 bits per heavy atom. The van der Waals surface area contributed by atoms with Crippen LogP contribution < -0.4 is 0 Å². The van der Waals surface area contributed by atoms with Crippen molar-refractivity contribution < 1.29 is 9.47 Å². The lowest BCUT2D eigenvalue weighted by Gasteiger charge is -2.33. The molecule has 2 aromatic heterocycles. The Morgan fingerprint density at radius 1 is 1.42 bits per heavy atom. The van der Waals surface area contributed by atoms with Crippen LogP contribution in [0.1, 0.15) is 19.4 Å². The average Bonchev–Trinajstić information content (AvgIpc) is 2.94. The molecule has 6 heteroatoms. The second kappa shape index (κ2) is 7.88. The number of rotatable bonds is 6. The van der Waals surface area contributed by atoms with Crippen molar-refractivity contribution in [3.8, 4) is 11.3 Å². The van der Waals surface area contributed by atoms with Crippen molar-refractivity contribution >= 4 is 0 Å². The smallest absolute Gasteiger partial charge is 0.0983 e. The molecule has 1 unspecified atom stereocenters. The van der Waals surface area contributed by atoms with Gasteiger partial charge in [-0.25, -0.2) is 0 Å². The summed E-state index contributed by atoms with van der Waals surface area (Å²) in [6.07, 6.45) is 6.12. The number of ether oxygens (including phenoxy) is 2. The van der Waals surface area contributed by atoms with Gasteiger partial charge in [0.25, 0.3) is 0 Å². The van der Waals surface area contributed by atoms with Crippen LogP contribution in [0.3, 0.4) is 0 Å². The van der Waals surface area contributed by atoms with Gasteiger partial charge in [0, 0.05) is 56.4 Å². The fraction of sp³-hybridized carbons (Fsp3) is 0.556. The minimum Gasteiger partial charge on any atom is -0.376 e. The largest absolute Gasteiger partial charge is 0.376 e. The molecule has 24 heavy (non-hydrogen) atoms. The summed E-state index contributed by atoms with van der Waals surface area (Å²) in [6, 6.07) is 4.00. The van der Waals surface area contributed by atoms with Gasteiger partial charge in [0.1, 0.15) is 0 Å². The number of hydrogen-bond acceptors (Lipinski definition) is 5. The first-order valence-corrected chi connectivity index (χ1v) is 8.50. The van der Waals surface area contributed by atoms with E-state index in [0.717, 1.165) is 37.5 Å². The zero-order valence-corrected chi connectivity index (χ0v) is 14.7. The van der Waals surface area contributed by atoms with Gasteiger partial charge >= 0.3 is 0 Å². The van der Waals surface area contributed by atoms with Crippen molar-refractivity contribution in [1.29, 1.82) is 0 Å². The molecule has 1 aliphatic heterocycles. The third kappa shape index (κ3) is 4.41.